The number of aliphatic hydroxyl groups excluding tert-OH is 1. The number of aryl methyl sites for hydroxylation is 2. The van der Waals surface area contributed by atoms with Crippen molar-refractivity contribution in [2.45, 2.75) is 26.5 Å². The predicted molar refractivity (Wildman–Crippen MR) is 80.5 cm³/mol. The molecule has 21 heavy (non-hydrogen) atoms. The topological polar surface area (TPSA) is 73.9 Å². The molecule has 2 N–H and O–H groups in total. The van der Waals surface area contributed by atoms with E-state index in [9.17, 15) is 5.11 Å². The van der Waals surface area contributed by atoms with Gasteiger partial charge in [-0.3, -0.25) is 4.68 Å². The summed E-state index contributed by atoms with van der Waals surface area (Å²) >= 11 is 0. The highest BCUT2D eigenvalue weighted by Gasteiger charge is 2.11. The second-order valence-electron chi connectivity index (χ2n) is 5.15. The maximum atomic E-state index is 10.1. The van der Waals surface area contributed by atoms with Crippen molar-refractivity contribution in [2.75, 3.05) is 6.54 Å². The Hall–Kier alpha value is -2.16. The van der Waals surface area contributed by atoms with Gasteiger partial charge in [-0.1, -0.05) is 12.1 Å². The lowest BCUT2D eigenvalue weighted by atomic mass is 10.1. The van der Waals surface area contributed by atoms with Crippen molar-refractivity contribution < 1.29 is 5.11 Å². The number of rotatable bonds is 5. The van der Waals surface area contributed by atoms with Crippen LogP contribution in [-0.4, -0.2) is 21.4 Å². The number of aliphatic hydroxyl groups is 1. The normalized spacial score (nSPS) is 12.1. The lowest BCUT2D eigenvalue weighted by Crippen LogP contribution is -2.21. The highest BCUT2D eigenvalue weighted by Crippen LogP contribution is 2.14. The van der Waals surface area contributed by atoms with Crippen LogP contribution < -0.4 is 5.32 Å². The maximum absolute atomic E-state index is 10.1. The Labute approximate surface area is 124 Å². The molecule has 0 aliphatic heterocycles. The standard InChI is InChI=1S/C16H20N4O/c1-11-15(12(2)20(3)19-11)9-18-10-16(21)14-6-4-13(8-17)5-7-14/h4-7,16,18,21H,9-10H2,1-3H3. The molecule has 0 fully saturated rings. The lowest BCUT2D eigenvalue weighted by molar-refractivity contribution is 0.174. The first kappa shape index (κ1) is 15.2. The largest absolute Gasteiger partial charge is 0.387 e. The molecule has 0 saturated heterocycles. The van der Waals surface area contributed by atoms with Crippen molar-refractivity contribution in [3.8, 4) is 6.07 Å². The first-order chi connectivity index (χ1) is 10.0. The molecule has 0 aliphatic carbocycles. The molecule has 2 aromatic rings. The van der Waals surface area contributed by atoms with E-state index in [1.165, 1.54) is 5.56 Å². The third kappa shape index (κ3) is 3.48. The van der Waals surface area contributed by atoms with Gasteiger partial charge < -0.3 is 10.4 Å². The van der Waals surface area contributed by atoms with E-state index < -0.39 is 6.10 Å². The van der Waals surface area contributed by atoms with Gasteiger partial charge in [-0.2, -0.15) is 10.4 Å². The Morgan fingerprint density at radius 3 is 2.52 bits per heavy atom. The molecular formula is C16H20N4O. The second kappa shape index (κ2) is 6.53. The van der Waals surface area contributed by atoms with Crippen LogP contribution in [0.1, 0.15) is 34.2 Å². The number of nitriles is 1. The summed E-state index contributed by atoms with van der Waals surface area (Å²) in [5.74, 6) is 0. The average Bonchev–Trinajstić information content (AvgIpc) is 2.73. The summed E-state index contributed by atoms with van der Waals surface area (Å²) in [5, 5.41) is 26.5. The third-order valence-electron chi connectivity index (χ3n) is 3.72. The molecule has 5 nitrogen and oxygen atoms in total. The Morgan fingerprint density at radius 1 is 1.33 bits per heavy atom. The molecule has 5 heteroatoms. The fourth-order valence-corrected chi connectivity index (χ4v) is 2.30. The Bertz CT molecular complexity index is 652. The highest BCUT2D eigenvalue weighted by molar-refractivity contribution is 5.32. The minimum Gasteiger partial charge on any atom is -0.387 e. The minimum atomic E-state index is -0.588. The van der Waals surface area contributed by atoms with Crippen LogP contribution in [0, 0.1) is 25.2 Å². The fourth-order valence-electron chi connectivity index (χ4n) is 2.30. The summed E-state index contributed by atoms with van der Waals surface area (Å²) in [6.45, 7) is 5.16. The predicted octanol–water partition coefficient (Wildman–Crippen LogP) is 1.73. The molecule has 1 atom stereocenters. The van der Waals surface area contributed by atoms with Gasteiger partial charge in [0.15, 0.2) is 0 Å². The van der Waals surface area contributed by atoms with Gasteiger partial charge in [-0.15, -0.1) is 0 Å². The zero-order chi connectivity index (χ0) is 15.4. The van der Waals surface area contributed by atoms with E-state index in [-0.39, 0.29) is 0 Å². The zero-order valence-electron chi connectivity index (χ0n) is 12.6. The van der Waals surface area contributed by atoms with Gasteiger partial charge >= 0.3 is 0 Å². The molecule has 0 spiro atoms. The van der Waals surface area contributed by atoms with E-state index in [1.807, 2.05) is 25.6 Å². The quantitative estimate of drug-likeness (QED) is 0.877. The lowest BCUT2D eigenvalue weighted by Gasteiger charge is -2.12. The molecule has 0 amide bonds. The van der Waals surface area contributed by atoms with Gasteiger partial charge in [0.1, 0.15) is 0 Å². The van der Waals surface area contributed by atoms with E-state index in [1.54, 1.807) is 24.3 Å². The van der Waals surface area contributed by atoms with Crippen LogP contribution in [0.4, 0.5) is 0 Å². The van der Waals surface area contributed by atoms with E-state index >= 15 is 0 Å². The van der Waals surface area contributed by atoms with Gasteiger partial charge in [0, 0.05) is 31.4 Å². The molecule has 0 aliphatic rings. The van der Waals surface area contributed by atoms with Crippen LogP contribution in [-0.2, 0) is 13.6 Å². The summed E-state index contributed by atoms with van der Waals surface area (Å²) in [6.07, 6.45) is -0.588. The molecule has 2 rings (SSSR count). The fraction of sp³-hybridized carbons (Fsp3) is 0.375. The van der Waals surface area contributed by atoms with E-state index in [0.29, 0.717) is 18.7 Å². The Morgan fingerprint density at radius 2 is 2.00 bits per heavy atom. The summed E-state index contributed by atoms with van der Waals surface area (Å²) in [5.41, 5.74) is 4.72. The van der Waals surface area contributed by atoms with E-state index in [0.717, 1.165) is 17.0 Å². The van der Waals surface area contributed by atoms with Crippen molar-refractivity contribution >= 4 is 0 Å². The number of hydrogen-bond donors (Lipinski definition) is 2. The van der Waals surface area contributed by atoms with Gasteiger partial charge in [0.2, 0.25) is 0 Å². The summed E-state index contributed by atoms with van der Waals surface area (Å²) in [4.78, 5) is 0. The summed E-state index contributed by atoms with van der Waals surface area (Å²) < 4.78 is 1.86. The molecule has 1 unspecified atom stereocenters. The molecule has 0 bridgehead atoms. The maximum Gasteiger partial charge on any atom is 0.0991 e. The molecule has 1 aromatic heterocycles. The van der Waals surface area contributed by atoms with Crippen LogP contribution >= 0.6 is 0 Å². The van der Waals surface area contributed by atoms with Crippen LogP contribution in [0.25, 0.3) is 0 Å². The number of nitrogens with zero attached hydrogens (tertiary/aromatic N) is 3. The van der Waals surface area contributed by atoms with Crippen molar-refractivity contribution in [1.29, 1.82) is 5.26 Å². The second-order valence-corrected chi connectivity index (χ2v) is 5.15. The molecule has 110 valence electrons. The molecule has 1 aromatic carbocycles. The van der Waals surface area contributed by atoms with Crippen molar-refractivity contribution in [3.05, 3.63) is 52.3 Å². The SMILES string of the molecule is Cc1nn(C)c(C)c1CNCC(O)c1ccc(C#N)cc1. The first-order valence-corrected chi connectivity index (χ1v) is 6.91. The van der Waals surface area contributed by atoms with Crippen LogP contribution in [0.3, 0.4) is 0 Å². The van der Waals surface area contributed by atoms with Gasteiger partial charge in [-0.25, -0.2) is 0 Å². The van der Waals surface area contributed by atoms with Crippen LogP contribution in [0.15, 0.2) is 24.3 Å². The average molecular weight is 284 g/mol. The monoisotopic (exact) mass is 284 g/mol. The summed E-state index contributed by atoms with van der Waals surface area (Å²) in [6, 6.07) is 9.06. The van der Waals surface area contributed by atoms with Crippen molar-refractivity contribution in [3.63, 3.8) is 0 Å². The van der Waals surface area contributed by atoms with Crippen LogP contribution in [0.5, 0.6) is 0 Å². The van der Waals surface area contributed by atoms with E-state index in [2.05, 4.69) is 16.5 Å². The minimum absolute atomic E-state index is 0.458. The zero-order valence-corrected chi connectivity index (χ0v) is 12.6. The molecule has 1 heterocycles. The van der Waals surface area contributed by atoms with E-state index in [4.69, 9.17) is 5.26 Å². The number of hydrogen-bond acceptors (Lipinski definition) is 4. The van der Waals surface area contributed by atoms with Gasteiger partial charge in [-0.05, 0) is 31.5 Å². The Kier molecular flexibility index (Phi) is 4.73. The van der Waals surface area contributed by atoms with Gasteiger partial charge in [0.25, 0.3) is 0 Å². The van der Waals surface area contributed by atoms with Gasteiger partial charge in [0.05, 0.1) is 23.4 Å². The molecule has 0 saturated carbocycles. The number of nitrogens with one attached hydrogen (secondary N) is 1. The Balaban J connectivity index is 1.92. The van der Waals surface area contributed by atoms with Crippen molar-refractivity contribution in [2.24, 2.45) is 7.05 Å². The number of aromatic nitrogens is 2. The highest BCUT2D eigenvalue weighted by atomic mass is 16.3. The molecule has 0 radical (unpaired) electrons. The van der Waals surface area contributed by atoms with Crippen LogP contribution in [0.2, 0.25) is 0 Å². The third-order valence-corrected chi connectivity index (χ3v) is 3.72. The smallest absolute Gasteiger partial charge is 0.0991 e. The number of benzene rings is 1. The molecular weight excluding hydrogens is 264 g/mol. The van der Waals surface area contributed by atoms with Crippen molar-refractivity contribution in [1.82, 2.24) is 15.1 Å². The summed E-state index contributed by atoms with van der Waals surface area (Å²) in [7, 11) is 1.93. The first-order valence-electron chi connectivity index (χ1n) is 6.91.